The van der Waals surface area contributed by atoms with Crippen molar-refractivity contribution in [2.24, 2.45) is 0 Å². The summed E-state index contributed by atoms with van der Waals surface area (Å²) in [6, 6.07) is 2.56. The molecule has 1 aliphatic carbocycles. The Morgan fingerprint density at radius 2 is 1.50 bits per heavy atom. The number of benzene rings is 1. The Morgan fingerprint density at radius 1 is 0.818 bits per heavy atom. The van der Waals surface area contributed by atoms with Crippen LogP contribution in [0.4, 0.5) is 5.69 Å². The third-order valence-electron chi connectivity index (χ3n) is 7.07. The molecule has 0 saturated carbocycles. The van der Waals surface area contributed by atoms with Crippen LogP contribution in [0.2, 0.25) is 0 Å². The molecule has 0 spiro atoms. The van der Waals surface area contributed by atoms with Gasteiger partial charge in [0.05, 0.1) is 0 Å². The van der Waals surface area contributed by atoms with Crippen LogP contribution in [0.15, 0.2) is 6.07 Å². The maximum Gasteiger partial charge on any atom is 0.0448 e. The molecule has 1 aromatic rings. The highest BCUT2D eigenvalue weighted by atomic mass is 15.2. The number of hydrogen-bond acceptors (Lipinski definition) is 1. The second kappa shape index (κ2) is 4.10. The Morgan fingerprint density at radius 3 is 2.23 bits per heavy atom. The molecule has 0 radical (unpaired) electrons. The number of hydrogen-bond donors (Lipinski definition) is 0. The molecule has 1 unspecified atom stereocenters. The summed E-state index contributed by atoms with van der Waals surface area (Å²) in [6.07, 6.45) is 5.32. The summed E-state index contributed by atoms with van der Waals surface area (Å²) in [4.78, 5) is 2.72. The van der Waals surface area contributed by atoms with Gasteiger partial charge in [0.25, 0.3) is 0 Å². The maximum absolute atomic E-state index is 2.72. The summed E-state index contributed by atoms with van der Waals surface area (Å²) >= 11 is 0. The lowest BCUT2D eigenvalue weighted by molar-refractivity contribution is 0.282. The van der Waals surface area contributed by atoms with Crippen molar-refractivity contribution in [2.45, 2.75) is 83.5 Å². The Balaban J connectivity index is 2.12. The summed E-state index contributed by atoms with van der Waals surface area (Å²) < 4.78 is 0. The number of nitrogens with zero attached hydrogens (tertiary/aromatic N) is 1. The molecule has 2 heterocycles. The zero-order valence-electron chi connectivity index (χ0n) is 15.3. The van der Waals surface area contributed by atoms with Crippen molar-refractivity contribution < 1.29 is 0 Å². The molecule has 3 aliphatic rings. The van der Waals surface area contributed by atoms with Crippen molar-refractivity contribution in [1.29, 1.82) is 0 Å². The highest BCUT2D eigenvalue weighted by Crippen LogP contribution is 2.57. The van der Waals surface area contributed by atoms with Crippen molar-refractivity contribution in [3.63, 3.8) is 0 Å². The molecule has 1 nitrogen and oxygen atoms in total. The molecule has 120 valence electrons. The first-order valence-corrected chi connectivity index (χ1v) is 9.10. The van der Waals surface area contributed by atoms with Gasteiger partial charge in [-0.2, -0.15) is 0 Å². The van der Waals surface area contributed by atoms with Gasteiger partial charge in [0.1, 0.15) is 0 Å². The van der Waals surface area contributed by atoms with Crippen LogP contribution in [0, 0.1) is 6.92 Å². The molecule has 0 fully saturated rings. The molecule has 0 N–H and O–H groups in total. The minimum absolute atomic E-state index is 0.324. The lowest BCUT2D eigenvalue weighted by atomic mass is 9.57. The highest BCUT2D eigenvalue weighted by molar-refractivity contribution is 5.73. The fourth-order valence-corrected chi connectivity index (χ4v) is 5.47. The van der Waals surface area contributed by atoms with Crippen molar-refractivity contribution in [3.8, 4) is 0 Å². The Kier molecular flexibility index (Phi) is 2.72. The van der Waals surface area contributed by atoms with Crippen LogP contribution in [-0.4, -0.2) is 13.1 Å². The molecule has 22 heavy (non-hydrogen) atoms. The van der Waals surface area contributed by atoms with Gasteiger partial charge in [-0.3, -0.25) is 0 Å². The van der Waals surface area contributed by atoms with E-state index in [-0.39, 0.29) is 0 Å². The van der Waals surface area contributed by atoms with E-state index in [9.17, 15) is 0 Å². The van der Waals surface area contributed by atoms with E-state index in [2.05, 4.69) is 52.5 Å². The number of rotatable bonds is 0. The largest absolute Gasteiger partial charge is 0.371 e. The first-order valence-electron chi connectivity index (χ1n) is 9.10. The van der Waals surface area contributed by atoms with Gasteiger partial charge in [-0.15, -0.1) is 0 Å². The van der Waals surface area contributed by atoms with Crippen molar-refractivity contribution in [2.75, 3.05) is 18.0 Å². The molecule has 0 amide bonds. The lowest BCUT2D eigenvalue weighted by Gasteiger charge is -2.54. The van der Waals surface area contributed by atoms with Crippen molar-refractivity contribution in [1.82, 2.24) is 0 Å². The van der Waals surface area contributed by atoms with E-state index >= 15 is 0 Å². The van der Waals surface area contributed by atoms with Gasteiger partial charge in [0.2, 0.25) is 0 Å². The Bertz CT molecular complexity index is 652. The normalized spacial score (nSPS) is 30.9. The molecule has 2 aliphatic heterocycles. The topological polar surface area (TPSA) is 3.24 Å². The van der Waals surface area contributed by atoms with Gasteiger partial charge < -0.3 is 4.90 Å². The summed E-state index contributed by atoms with van der Waals surface area (Å²) in [6.45, 7) is 17.2. The molecule has 0 aromatic heterocycles. The fourth-order valence-electron chi connectivity index (χ4n) is 5.47. The van der Waals surface area contributed by atoms with Crippen LogP contribution in [0.5, 0.6) is 0 Å². The van der Waals surface area contributed by atoms with Crippen molar-refractivity contribution >= 4 is 5.69 Å². The van der Waals surface area contributed by atoms with E-state index < -0.39 is 0 Å². The first kappa shape index (κ1) is 14.6. The first-order chi connectivity index (χ1) is 10.2. The van der Waals surface area contributed by atoms with E-state index in [1.165, 1.54) is 44.3 Å². The van der Waals surface area contributed by atoms with Gasteiger partial charge in [0.15, 0.2) is 0 Å². The number of anilines is 1. The predicted molar refractivity (Wildman–Crippen MR) is 95.3 cm³/mol. The number of aryl methyl sites for hydroxylation is 1. The lowest BCUT2D eigenvalue weighted by Crippen LogP contribution is -2.49. The molecule has 1 aromatic carbocycles. The molecule has 0 bridgehead atoms. The minimum atomic E-state index is 0.324. The van der Waals surface area contributed by atoms with Gasteiger partial charge in [-0.25, -0.2) is 0 Å². The van der Waals surface area contributed by atoms with E-state index in [4.69, 9.17) is 0 Å². The molecule has 1 heteroatoms. The van der Waals surface area contributed by atoms with Crippen LogP contribution < -0.4 is 4.90 Å². The Labute approximate surface area is 136 Å². The Hall–Kier alpha value is -0.980. The second-order valence-electron chi connectivity index (χ2n) is 9.66. The third-order valence-corrected chi connectivity index (χ3v) is 7.07. The molecule has 1 atom stereocenters. The summed E-state index contributed by atoms with van der Waals surface area (Å²) in [5.41, 5.74) is 9.27. The average Bonchev–Trinajstić information content (AvgIpc) is 2.42. The molecule has 4 rings (SSSR count). The van der Waals surface area contributed by atoms with E-state index in [0.29, 0.717) is 16.2 Å². The van der Waals surface area contributed by atoms with Gasteiger partial charge in [0, 0.05) is 18.8 Å². The summed E-state index contributed by atoms with van der Waals surface area (Å²) in [5.74, 6) is 0. The monoisotopic (exact) mass is 297 g/mol. The smallest absolute Gasteiger partial charge is 0.0448 e. The van der Waals surface area contributed by atoms with Gasteiger partial charge in [-0.1, -0.05) is 40.7 Å². The highest BCUT2D eigenvalue weighted by Gasteiger charge is 2.48. The molecule has 0 saturated heterocycles. The maximum atomic E-state index is 2.72. The predicted octanol–water partition coefficient (Wildman–Crippen LogP) is 5.22. The van der Waals surface area contributed by atoms with E-state index in [0.717, 1.165) is 0 Å². The van der Waals surface area contributed by atoms with E-state index in [1.54, 1.807) is 22.4 Å². The minimum Gasteiger partial charge on any atom is -0.371 e. The summed E-state index contributed by atoms with van der Waals surface area (Å²) in [5, 5.41) is 0. The van der Waals surface area contributed by atoms with Crippen molar-refractivity contribution in [3.05, 3.63) is 28.3 Å². The zero-order valence-corrected chi connectivity index (χ0v) is 15.3. The molecular formula is C21H31N. The fraction of sp³-hybridized carbons (Fsp3) is 0.714. The summed E-state index contributed by atoms with van der Waals surface area (Å²) in [7, 11) is 0. The molecular weight excluding hydrogens is 266 g/mol. The van der Waals surface area contributed by atoms with Crippen LogP contribution in [0.1, 0.15) is 82.6 Å². The van der Waals surface area contributed by atoms with E-state index in [1.807, 2.05) is 0 Å². The van der Waals surface area contributed by atoms with Crippen LogP contribution >= 0.6 is 0 Å². The zero-order chi connectivity index (χ0) is 15.9. The third kappa shape index (κ3) is 1.71. The average molecular weight is 297 g/mol. The second-order valence-corrected chi connectivity index (χ2v) is 9.66. The standard InChI is InChI=1S/C21H31N/c1-14-13-15-17-18-16(14)20(4,5)9-11-22(18)12-10-21(17,6)8-7-19(15,2)3/h13H,7-12H2,1-6H3. The van der Waals surface area contributed by atoms with Gasteiger partial charge >= 0.3 is 0 Å². The SMILES string of the molecule is Cc1cc2c3c4c1C(C)(C)CCN4CCC3(C)CCC2(C)C. The van der Waals surface area contributed by atoms with Gasteiger partial charge in [-0.05, 0) is 71.1 Å². The van der Waals surface area contributed by atoms with Crippen LogP contribution in [0.3, 0.4) is 0 Å². The quantitative estimate of drug-likeness (QED) is 0.635. The van der Waals surface area contributed by atoms with Crippen LogP contribution in [0.25, 0.3) is 0 Å². The van der Waals surface area contributed by atoms with Crippen LogP contribution in [-0.2, 0) is 16.2 Å².